The van der Waals surface area contributed by atoms with Crippen LogP contribution in [0.3, 0.4) is 0 Å². The van der Waals surface area contributed by atoms with Crippen LogP contribution in [0.25, 0.3) is 0 Å². The number of likely N-dealkylation sites (tertiary alicyclic amines) is 1. The molecule has 0 N–H and O–H groups in total. The molecule has 1 saturated heterocycles. The molecule has 1 aromatic heterocycles. The maximum Gasteiger partial charge on any atom is 0.169 e. The zero-order valence-electron chi connectivity index (χ0n) is 12.1. The molecular formula is C14H21N5. The number of hydrogen-bond acceptors (Lipinski definition) is 5. The number of hydrogen-bond donors (Lipinski definition) is 0. The zero-order chi connectivity index (χ0) is 14.0. The molecule has 0 atom stereocenters. The minimum atomic E-state index is 0.444. The molecule has 1 fully saturated rings. The van der Waals surface area contributed by atoms with Crippen LogP contribution in [0.5, 0.6) is 0 Å². The highest BCUT2D eigenvalue weighted by Gasteiger charge is 2.24. The predicted molar refractivity (Wildman–Crippen MR) is 75.1 cm³/mol. The SMILES string of the molecule is Cc1nnc(N(C)C2CCN(C)CC2)c(C#N)c1C. The Labute approximate surface area is 114 Å². The second-order valence-corrected chi connectivity index (χ2v) is 5.37. The van der Waals surface area contributed by atoms with E-state index in [9.17, 15) is 5.26 Å². The Kier molecular flexibility index (Phi) is 4.01. The minimum Gasteiger partial charge on any atom is -0.354 e. The van der Waals surface area contributed by atoms with Crippen molar-refractivity contribution in [2.45, 2.75) is 32.7 Å². The van der Waals surface area contributed by atoms with Gasteiger partial charge in [-0.2, -0.15) is 10.4 Å². The highest BCUT2D eigenvalue weighted by molar-refractivity contribution is 5.57. The van der Waals surface area contributed by atoms with Gasteiger partial charge in [0.05, 0.1) is 5.69 Å². The molecule has 0 aliphatic carbocycles. The average molecular weight is 259 g/mol. The number of piperidine rings is 1. The number of aromatic nitrogens is 2. The first-order chi connectivity index (χ1) is 9.04. The zero-order valence-corrected chi connectivity index (χ0v) is 12.1. The molecule has 1 aliphatic rings. The van der Waals surface area contributed by atoms with Crippen LogP contribution < -0.4 is 4.90 Å². The van der Waals surface area contributed by atoms with Gasteiger partial charge in [0.15, 0.2) is 5.82 Å². The van der Waals surface area contributed by atoms with Crippen LogP contribution in [-0.4, -0.2) is 48.3 Å². The molecule has 19 heavy (non-hydrogen) atoms. The lowest BCUT2D eigenvalue weighted by molar-refractivity contribution is 0.252. The van der Waals surface area contributed by atoms with E-state index in [0.29, 0.717) is 11.6 Å². The van der Waals surface area contributed by atoms with Crippen molar-refractivity contribution in [3.05, 3.63) is 16.8 Å². The molecule has 2 heterocycles. The van der Waals surface area contributed by atoms with Crippen LogP contribution in [0.1, 0.15) is 29.7 Å². The van der Waals surface area contributed by atoms with E-state index < -0.39 is 0 Å². The lowest BCUT2D eigenvalue weighted by Gasteiger charge is -2.35. The van der Waals surface area contributed by atoms with Crippen LogP contribution in [0.4, 0.5) is 5.82 Å². The van der Waals surface area contributed by atoms with E-state index in [4.69, 9.17) is 0 Å². The average Bonchev–Trinajstić information content (AvgIpc) is 2.41. The summed E-state index contributed by atoms with van der Waals surface area (Å²) in [6, 6.07) is 2.72. The molecule has 0 radical (unpaired) electrons. The number of rotatable bonds is 2. The molecule has 0 saturated carbocycles. The molecule has 102 valence electrons. The fraction of sp³-hybridized carbons (Fsp3) is 0.643. The van der Waals surface area contributed by atoms with Crippen LogP contribution in [0.15, 0.2) is 0 Å². The van der Waals surface area contributed by atoms with Gasteiger partial charge >= 0.3 is 0 Å². The lowest BCUT2D eigenvalue weighted by Crippen LogP contribution is -2.42. The Morgan fingerprint density at radius 3 is 2.47 bits per heavy atom. The Morgan fingerprint density at radius 2 is 1.89 bits per heavy atom. The van der Waals surface area contributed by atoms with Gasteiger partial charge in [-0.25, -0.2) is 0 Å². The molecule has 2 rings (SSSR count). The molecule has 5 nitrogen and oxygen atoms in total. The first-order valence-corrected chi connectivity index (χ1v) is 6.70. The molecular weight excluding hydrogens is 238 g/mol. The molecule has 5 heteroatoms. The van der Waals surface area contributed by atoms with E-state index in [1.165, 1.54) is 0 Å². The van der Waals surface area contributed by atoms with Gasteiger partial charge in [0.2, 0.25) is 0 Å². The maximum atomic E-state index is 9.36. The summed E-state index contributed by atoms with van der Waals surface area (Å²) in [6.07, 6.45) is 2.21. The maximum absolute atomic E-state index is 9.36. The highest BCUT2D eigenvalue weighted by atomic mass is 15.3. The summed E-state index contributed by atoms with van der Waals surface area (Å²) in [7, 11) is 4.17. The molecule has 0 spiro atoms. The Hall–Kier alpha value is -1.67. The van der Waals surface area contributed by atoms with Crippen molar-refractivity contribution in [1.82, 2.24) is 15.1 Å². The summed E-state index contributed by atoms with van der Waals surface area (Å²) >= 11 is 0. The summed E-state index contributed by atoms with van der Waals surface area (Å²) in [5, 5.41) is 17.8. The molecule has 0 bridgehead atoms. The number of aryl methyl sites for hydroxylation is 1. The monoisotopic (exact) mass is 259 g/mol. The van der Waals surface area contributed by atoms with E-state index in [2.05, 4.69) is 33.1 Å². The molecule has 0 amide bonds. The van der Waals surface area contributed by atoms with E-state index in [0.717, 1.165) is 43.0 Å². The van der Waals surface area contributed by atoms with Gasteiger partial charge in [0, 0.05) is 13.1 Å². The number of anilines is 1. The third-order valence-electron chi connectivity index (χ3n) is 4.12. The second kappa shape index (κ2) is 5.54. The third-order valence-corrected chi connectivity index (χ3v) is 4.12. The van der Waals surface area contributed by atoms with Crippen molar-refractivity contribution in [1.29, 1.82) is 5.26 Å². The summed E-state index contributed by atoms with van der Waals surface area (Å²) in [4.78, 5) is 4.46. The van der Waals surface area contributed by atoms with E-state index >= 15 is 0 Å². The Bertz CT molecular complexity index is 497. The van der Waals surface area contributed by atoms with Gasteiger partial charge in [0.1, 0.15) is 11.6 Å². The number of nitriles is 1. The van der Waals surface area contributed by atoms with Crippen molar-refractivity contribution in [3.63, 3.8) is 0 Å². The Balaban J connectivity index is 2.27. The van der Waals surface area contributed by atoms with Crippen molar-refractivity contribution in [2.75, 3.05) is 32.1 Å². The van der Waals surface area contributed by atoms with E-state index in [-0.39, 0.29) is 0 Å². The normalized spacial score (nSPS) is 17.2. The van der Waals surface area contributed by atoms with Crippen molar-refractivity contribution in [3.8, 4) is 6.07 Å². The van der Waals surface area contributed by atoms with Crippen molar-refractivity contribution >= 4 is 5.82 Å². The fourth-order valence-corrected chi connectivity index (χ4v) is 2.53. The standard InChI is InChI=1S/C14H21N5/c1-10-11(2)16-17-14(13(10)9-15)19(4)12-5-7-18(3)8-6-12/h12H,5-8H2,1-4H3. The first kappa shape index (κ1) is 13.8. The van der Waals surface area contributed by atoms with Crippen LogP contribution >= 0.6 is 0 Å². The molecule has 0 unspecified atom stereocenters. The largest absolute Gasteiger partial charge is 0.354 e. The Morgan fingerprint density at radius 1 is 1.26 bits per heavy atom. The van der Waals surface area contributed by atoms with E-state index in [1.54, 1.807) is 0 Å². The van der Waals surface area contributed by atoms with Crippen molar-refractivity contribution in [2.24, 2.45) is 0 Å². The minimum absolute atomic E-state index is 0.444. The van der Waals surface area contributed by atoms with Gasteiger partial charge in [-0.05, 0) is 52.4 Å². The quantitative estimate of drug-likeness (QED) is 0.805. The molecule has 1 aliphatic heterocycles. The van der Waals surface area contributed by atoms with Crippen LogP contribution in [0, 0.1) is 25.2 Å². The first-order valence-electron chi connectivity index (χ1n) is 6.70. The number of nitrogens with zero attached hydrogens (tertiary/aromatic N) is 5. The lowest BCUT2D eigenvalue weighted by atomic mass is 10.0. The van der Waals surface area contributed by atoms with Gasteiger partial charge in [-0.3, -0.25) is 0 Å². The van der Waals surface area contributed by atoms with Gasteiger partial charge in [0.25, 0.3) is 0 Å². The highest BCUT2D eigenvalue weighted by Crippen LogP contribution is 2.25. The summed E-state index contributed by atoms with van der Waals surface area (Å²) in [5.74, 6) is 0.722. The predicted octanol–water partition coefficient (Wildman–Crippen LogP) is 1.50. The molecule has 0 aromatic carbocycles. The summed E-state index contributed by atoms with van der Waals surface area (Å²) in [5.41, 5.74) is 2.43. The second-order valence-electron chi connectivity index (χ2n) is 5.37. The fourth-order valence-electron chi connectivity index (χ4n) is 2.53. The van der Waals surface area contributed by atoms with E-state index in [1.807, 2.05) is 20.9 Å². The third kappa shape index (κ3) is 2.69. The van der Waals surface area contributed by atoms with Gasteiger partial charge < -0.3 is 9.80 Å². The molecule has 1 aromatic rings. The topological polar surface area (TPSA) is 56.1 Å². The van der Waals surface area contributed by atoms with Crippen LogP contribution in [-0.2, 0) is 0 Å². The van der Waals surface area contributed by atoms with Gasteiger partial charge in [-0.1, -0.05) is 0 Å². The van der Waals surface area contributed by atoms with Crippen molar-refractivity contribution < 1.29 is 0 Å². The summed E-state index contributed by atoms with van der Waals surface area (Å²) < 4.78 is 0. The van der Waals surface area contributed by atoms with Gasteiger partial charge in [-0.15, -0.1) is 5.10 Å². The summed E-state index contributed by atoms with van der Waals surface area (Å²) in [6.45, 7) is 6.02. The van der Waals surface area contributed by atoms with Crippen LogP contribution in [0.2, 0.25) is 0 Å². The smallest absolute Gasteiger partial charge is 0.169 e.